The number of hydrogen-bond acceptors (Lipinski definition) is 4. The van der Waals surface area contributed by atoms with Crippen LogP contribution in [0.3, 0.4) is 0 Å². The summed E-state index contributed by atoms with van der Waals surface area (Å²) < 4.78 is 5.17. The number of nitrogens with one attached hydrogen (secondary N) is 1. The number of aromatic amines is 1. The van der Waals surface area contributed by atoms with Gasteiger partial charge in [-0.05, 0) is 54.4 Å². The zero-order chi connectivity index (χ0) is 27.0. The van der Waals surface area contributed by atoms with E-state index in [-0.39, 0.29) is 12.0 Å². The zero-order valence-corrected chi connectivity index (χ0v) is 24.2. The molecule has 1 saturated carbocycles. The van der Waals surface area contributed by atoms with Crippen LogP contribution in [-0.2, 0) is 21.5 Å². The number of methoxy groups -OCH3 is 1. The molecule has 2 amide bonds. The third-order valence-corrected chi connectivity index (χ3v) is 11.4. The minimum absolute atomic E-state index is 0.153. The van der Waals surface area contributed by atoms with E-state index < -0.39 is 5.41 Å². The molecule has 210 valence electrons. The van der Waals surface area contributed by atoms with Gasteiger partial charge in [-0.2, -0.15) is 0 Å². The van der Waals surface area contributed by atoms with Crippen LogP contribution in [0.15, 0.2) is 30.3 Å². The third-order valence-electron chi connectivity index (χ3n) is 10.00. The number of piperidine rings is 1. The predicted molar refractivity (Wildman–Crippen MR) is 149 cm³/mol. The average Bonchev–Trinajstić information content (AvgIpc) is 3.62. The van der Waals surface area contributed by atoms with E-state index in [1.807, 2.05) is 7.05 Å². The first-order valence-electron chi connectivity index (χ1n) is 14.9. The van der Waals surface area contributed by atoms with Gasteiger partial charge in [0.1, 0.15) is 17.3 Å². The molecule has 0 radical (unpaired) electrons. The number of hydrogen-bond donors (Lipinski definition) is 2. The molecule has 2 saturated heterocycles. The van der Waals surface area contributed by atoms with Gasteiger partial charge in [0, 0.05) is 19.1 Å². The number of benzene rings is 1. The van der Waals surface area contributed by atoms with Crippen molar-refractivity contribution in [2.24, 2.45) is 11.8 Å². The van der Waals surface area contributed by atoms with Crippen molar-refractivity contribution in [2.45, 2.75) is 68.9 Å². The van der Waals surface area contributed by atoms with Gasteiger partial charge in [0.05, 0.1) is 32.7 Å². The minimum atomic E-state index is -0.394. The maximum Gasteiger partial charge on any atom is 0.425 e. The quantitative estimate of drug-likeness (QED) is 0.603. The van der Waals surface area contributed by atoms with Gasteiger partial charge in [-0.25, -0.2) is 4.79 Å². The fourth-order valence-electron chi connectivity index (χ4n) is 8.07. The summed E-state index contributed by atoms with van der Waals surface area (Å²) in [5.74, 6) is 1.25. The smallest absolute Gasteiger partial charge is 0.425 e. The molecular weight excluding hydrogens is 510 g/mol. The molecule has 4 aliphatic rings. The summed E-state index contributed by atoms with van der Waals surface area (Å²) in [6.07, 6.45) is 8.09. The number of rotatable bonds is 4. The summed E-state index contributed by atoms with van der Waals surface area (Å²) in [6, 6.07) is 11.2. The van der Waals surface area contributed by atoms with E-state index in [9.17, 15) is 9.59 Å². The minimum Gasteiger partial charge on any atom is -0.453 e. The van der Waals surface area contributed by atoms with E-state index in [0.717, 1.165) is 43.3 Å². The second-order valence-corrected chi connectivity index (χ2v) is 13.1. The van der Waals surface area contributed by atoms with Gasteiger partial charge in [0.2, 0.25) is 11.6 Å². The molecule has 1 aromatic carbocycles. The summed E-state index contributed by atoms with van der Waals surface area (Å²) in [7, 11) is 3.48. The molecule has 1 aliphatic carbocycles. The highest BCUT2D eigenvalue weighted by molar-refractivity contribution is 7.14. The van der Waals surface area contributed by atoms with Crippen LogP contribution >= 0.6 is 11.3 Å². The fraction of sp³-hybridized carbons (Fsp3) is 0.633. The average molecular weight is 555 g/mol. The van der Waals surface area contributed by atoms with Crippen LogP contribution in [-0.4, -0.2) is 68.2 Å². The number of nitrogens with zero attached hydrogens (tertiary/aromatic N) is 2. The van der Waals surface area contributed by atoms with Crippen molar-refractivity contribution >= 4 is 28.5 Å². The number of nitrogens with two attached hydrogens (primary N) is 2. The molecule has 3 fully saturated rings. The van der Waals surface area contributed by atoms with Gasteiger partial charge >= 0.3 is 11.2 Å². The third kappa shape index (κ3) is 4.87. The van der Waals surface area contributed by atoms with Crippen LogP contribution < -0.4 is 15.6 Å². The summed E-state index contributed by atoms with van der Waals surface area (Å²) in [4.78, 5) is 36.4. The Kier molecular flexibility index (Phi) is 7.66. The molecular formula is C30H44N5O3S+3. The first-order valence-corrected chi connectivity index (χ1v) is 15.7. The van der Waals surface area contributed by atoms with Crippen LogP contribution in [0.4, 0.5) is 9.93 Å². The number of quaternary nitrogens is 2. The van der Waals surface area contributed by atoms with Crippen molar-refractivity contribution < 1.29 is 29.9 Å². The molecule has 4 atom stereocenters. The van der Waals surface area contributed by atoms with E-state index in [4.69, 9.17) is 4.74 Å². The molecule has 1 aromatic heterocycles. The number of aromatic nitrogens is 1. The van der Waals surface area contributed by atoms with E-state index in [2.05, 4.69) is 50.8 Å². The maximum atomic E-state index is 14.8. The van der Waals surface area contributed by atoms with Gasteiger partial charge in [-0.15, -0.1) is 4.98 Å². The van der Waals surface area contributed by atoms with Crippen molar-refractivity contribution in [1.82, 2.24) is 9.80 Å². The van der Waals surface area contributed by atoms with Gasteiger partial charge in [-0.1, -0.05) is 49.6 Å². The number of carbonyl (C=O) groups excluding carboxylic acids is 2. The first kappa shape index (κ1) is 26.7. The number of thiazole rings is 1. The summed E-state index contributed by atoms with van der Waals surface area (Å²) in [5.41, 5.74) is 2.08. The molecule has 9 heteroatoms. The Balaban J connectivity index is 1.33. The number of fused-ring (bicyclic) bond motifs is 2. The lowest BCUT2D eigenvalue weighted by molar-refractivity contribution is -0.640. The Labute approximate surface area is 235 Å². The van der Waals surface area contributed by atoms with Crippen LogP contribution in [0.1, 0.15) is 67.0 Å². The van der Waals surface area contributed by atoms with E-state index in [1.165, 1.54) is 49.7 Å². The summed E-state index contributed by atoms with van der Waals surface area (Å²) in [6.45, 7) is 3.44. The molecule has 2 aromatic rings. The number of H-pyrrole nitrogens is 1. The normalized spacial score (nSPS) is 29.4. The van der Waals surface area contributed by atoms with Gasteiger partial charge in [-0.3, -0.25) is 15.0 Å². The lowest BCUT2D eigenvalue weighted by Crippen LogP contribution is -2.83. The molecule has 0 unspecified atom stereocenters. The fourth-order valence-corrected chi connectivity index (χ4v) is 9.31. The highest BCUT2D eigenvalue weighted by Crippen LogP contribution is 2.46. The van der Waals surface area contributed by atoms with Crippen molar-refractivity contribution in [3.63, 3.8) is 0 Å². The molecule has 5 N–H and O–H groups in total. The highest BCUT2D eigenvalue weighted by atomic mass is 32.1. The Morgan fingerprint density at radius 2 is 1.95 bits per heavy atom. The molecule has 1 spiro atoms. The molecule has 6 rings (SSSR count). The Hall–Kier alpha value is -2.49. The van der Waals surface area contributed by atoms with Crippen molar-refractivity contribution in [2.75, 3.05) is 40.3 Å². The van der Waals surface area contributed by atoms with Crippen LogP contribution in [0.2, 0.25) is 0 Å². The van der Waals surface area contributed by atoms with E-state index in [0.29, 0.717) is 36.9 Å². The topological polar surface area (TPSA) is 97.2 Å². The standard InChI is InChI=1S/C30H41N5O3S/c1-31-28-33-24-17-34(29(37)38-2)19-30(26(24)39-28)18-32-16-23(30)27(36)35-14-13-22(20-9-5-3-6-10-20)15-25(35)21-11-7-4-8-12-21/h3,5-6,9-10,21-23,25,32H,4,7-8,11-19H2,1-2H3,(H,31,33)/p+3/t22-,23+,25+,30+/m1/s1. The monoisotopic (exact) mass is 554 g/mol. The van der Waals surface area contributed by atoms with Gasteiger partial charge < -0.3 is 15.0 Å². The molecule has 0 bridgehead atoms. The highest BCUT2D eigenvalue weighted by Gasteiger charge is 2.60. The Bertz CT molecular complexity index is 1180. The lowest BCUT2D eigenvalue weighted by atomic mass is 9.71. The lowest BCUT2D eigenvalue weighted by Gasteiger charge is -2.47. The Morgan fingerprint density at radius 3 is 2.69 bits per heavy atom. The SMILES string of the molecule is C[NH2+]c1[nH+]c2c(s1)[C@@]1(C[NH2+]C[C@H]1C(=O)N1CC[C@@H](c3ccccc3)C[C@H]1C1CCCCC1)CN(C(=O)OC)C2. The van der Waals surface area contributed by atoms with Gasteiger partial charge in [0.15, 0.2) is 0 Å². The maximum absolute atomic E-state index is 14.8. The second-order valence-electron chi connectivity index (χ2n) is 12.1. The second kappa shape index (κ2) is 11.2. The van der Waals surface area contributed by atoms with Crippen molar-refractivity contribution in [3.8, 4) is 0 Å². The van der Waals surface area contributed by atoms with Crippen LogP contribution in [0, 0.1) is 11.8 Å². The van der Waals surface area contributed by atoms with Crippen molar-refractivity contribution in [1.29, 1.82) is 0 Å². The number of likely N-dealkylation sites (tertiary alicyclic amines) is 1. The molecule has 8 nitrogen and oxygen atoms in total. The Morgan fingerprint density at radius 1 is 1.15 bits per heavy atom. The summed E-state index contributed by atoms with van der Waals surface area (Å²) >= 11 is 1.77. The zero-order valence-electron chi connectivity index (χ0n) is 23.4. The van der Waals surface area contributed by atoms with Crippen LogP contribution in [0.25, 0.3) is 0 Å². The first-order chi connectivity index (χ1) is 19.0. The number of amides is 2. The summed E-state index contributed by atoms with van der Waals surface area (Å²) in [5, 5.41) is 5.48. The number of ether oxygens (including phenoxy) is 1. The van der Waals surface area contributed by atoms with E-state index in [1.54, 1.807) is 16.2 Å². The molecule has 3 aliphatic heterocycles. The molecule has 39 heavy (non-hydrogen) atoms. The van der Waals surface area contributed by atoms with Crippen molar-refractivity contribution in [3.05, 3.63) is 46.5 Å². The predicted octanol–water partition coefficient (Wildman–Crippen LogP) is 1.76. The molecule has 4 heterocycles. The van der Waals surface area contributed by atoms with Crippen LogP contribution in [0.5, 0.6) is 0 Å². The van der Waals surface area contributed by atoms with Gasteiger partial charge in [0.25, 0.3) is 0 Å². The number of carbonyl (C=O) groups is 2. The largest absolute Gasteiger partial charge is 0.453 e. The van der Waals surface area contributed by atoms with E-state index >= 15 is 0 Å².